The van der Waals surface area contributed by atoms with E-state index in [0.717, 1.165) is 3.71 Å². The van der Waals surface area contributed by atoms with E-state index >= 15 is 0 Å². The van der Waals surface area contributed by atoms with Gasteiger partial charge in [0.1, 0.15) is 0 Å². The molecule has 1 aromatic heterocycles. The third-order valence-corrected chi connectivity index (χ3v) is 11.6. The van der Waals surface area contributed by atoms with Gasteiger partial charge in [0, 0.05) is 0 Å². The van der Waals surface area contributed by atoms with E-state index in [-0.39, 0.29) is 16.0 Å². The predicted octanol–water partition coefficient (Wildman–Crippen LogP) is 1.77. The van der Waals surface area contributed by atoms with Gasteiger partial charge in [-0.1, -0.05) is 0 Å². The first-order valence-electron chi connectivity index (χ1n) is 8.61. The summed E-state index contributed by atoms with van der Waals surface area (Å²) in [6.07, 6.45) is 0. The summed E-state index contributed by atoms with van der Waals surface area (Å²) < 4.78 is 29.5. The van der Waals surface area contributed by atoms with Crippen molar-refractivity contribution in [3.8, 4) is 0 Å². The quantitative estimate of drug-likeness (QED) is 0.202. The molecule has 3 N–H and O–H groups in total. The van der Waals surface area contributed by atoms with Crippen LogP contribution < -0.4 is 13.4 Å². The second-order valence-corrected chi connectivity index (χ2v) is 25.4. The number of amides is 1. The average Bonchev–Trinajstić information content (AvgIpc) is 2.67. The van der Waals surface area contributed by atoms with E-state index < -0.39 is 38.5 Å². The number of carbonyl (C=O) groups is 2. The number of rotatable bonds is 5. The summed E-state index contributed by atoms with van der Waals surface area (Å²) in [5, 5.41) is 11.0. The van der Waals surface area contributed by atoms with Crippen LogP contribution in [0.5, 0.6) is 0 Å². The van der Waals surface area contributed by atoms with E-state index in [0.29, 0.717) is 10.7 Å². The zero-order valence-electron chi connectivity index (χ0n) is 17.2. The summed E-state index contributed by atoms with van der Waals surface area (Å²) in [6, 6.07) is 9.13. The van der Waals surface area contributed by atoms with Crippen molar-refractivity contribution in [2.75, 3.05) is 12.4 Å². The van der Waals surface area contributed by atoms with Gasteiger partial charge in [-0.15, -0.1) is 0 Å². The van der Waals surface area contributed by atoms with Crippen molar-refractivity contribution < 1.29 is 31.3 Å². The molecule has 9 nitrogen and oxygen atoms in total. The van der Waals surface area contributed by atoms with E-state index in [1.807, 2.05) is 6.07 Å². The molecule has 0 radical (unpaired) electrons. The number of ether oxygens (including phenoxy) is 1. The molecular formula is C18H24AsClN2O7Sn. The van der Waals surface area contributed by atoms with Gasteiger partial charge >= 0.3 is 187 Å². The molecule has 0 aliphatic rings. The Bertz CT molecular complexity index is 949. The fourth-order valence-electron chi connectivity index (χ4n) is 2.08. The van der Waals surface area contributed by atoms with Crippen molar-refractivity contribution in [2.45, 2.75) is 21.7 Å². The Balaban J connectivity index is 0.000000300. The Hall–Kier alpha value is -1.36. The van der Waals surface area contributed by atoms with Crippen LogP contribution in [0.25, 0.3) is 0 Å². The molecule has 12 heteroatoms. The van der Waals surface area contributed by atoms with Gasteiger partial charge in [0.2, 0.25) is 0 Å². The Kier molecular flexibility index (Phi) is 10.1. The van der Waals surface area contributed by atoms with Crippen LogP contribution in [0, 0.1) is 0 Å². The van der Waals surface area contributed by atoms with Crippen molar-refractivity contribution >= 4 is 69.8 Å². The first-order valence-corrected chi connectivity index (χ1v) is 22.3. The fraction of sp³-hybridized carbons (Fsp3) is 0.278. The van der Waals surface area contributed by atoms with Crippen molar-refractivity contribution in [3.63, 3.8) is 0 Å². The number of methoxy groups -OCH3 is 1. The first kappa shape index (κ1) is 26.7. The standard InChI is InChI=1S/C8H10AsNO5.C7H5ClNO2.3CH3.Sn/c1-6(11)10-8-4-2-7(3-5-8)9(12,13)15-14;1-11-7(10)6-5(8)3-2-4-9-6;;;;/h2-5,14H,1H3,(H,10,11)(H,12,13);2-3H,1H3;3*1H3;. The van der Waals surface area contributed by atoms with Crippen molar-refractivity contribution in [3.05, 3.63) is 47.1 Å². The summed E-state index contributed by atoms with van der Waals surface area (Å²) in [6.45, 7) is 1.35. The number of halogens is 1. The maximum absolute atomic E-state index is 11.4. The number of esters is 1. The Labute approximate surface area is 186 Å². The summed E-state index contributed by atoms with van der Waals surface area (Å²) in [7, 11) is 1.33. The number of pyridine rings is 1. The van der Waals surface area contributed by atoms with E-state index in [9.17, 15) is 13.3 Å². The van der Waals surface area contributed by atoms with Crippen LogP contribution in [0.3, 0.4) is 0 Å². The first-order chi connectivity index (χ1) is 13.8. The molecule has 0 bridgehead atoms. The number of carbonyl (C=O) groups excluding carboxylic acids is 2. The second-order valence-electron chi connectivity index (χ2n) is 7.10. The molecule has 0 fully saturated rings. The van der Waals surface area contributed by atoms with Gasteiger partial charge in [-0.2, -0.15) is 0 Å². The normalized spacial score (nSPS) is 12.8. The van der Waals surface area contributed by atoms with E-state index in [1.165, 1.54) is 38.3 Å². The van der Waals surface area contributed by atoms with Crippen LogP contribution in [0.2, 0.25) is 19.8 Å². The predicted molar refractivity (Wildman–Crippen MR) is 116 cm³/mol. The number of aromatic nitrogens is 1. The Morgan fingerprint density at radius 2 is 1.70 bits per heavy atom. The molecule has 0 saturated heterocycles. The third-order valence-electron chi connectivity index (χ3n) is 3.62. The molecule has 1 atom stereocenters. The van der Waals surface area contributed by atoms with Gasteiger partial charge in [0.05, 0.1) is 0 Å². The number of anilines is 1. The Morgan fingerprint density at radius 1 is 1.13 bits per heavy atom. The molecule has 0 aliphatic carbocycles. The van der Waals surface area contributed by atoms with Crippen molar-refractivity contribution in [1.29, 1.82) is 0 Å². The monoisotopic (exact) mass is 610 g/mol. The average molecular weight is 609 g/mol. The fourth-order valence-corrected chi connectivity index (χ4v) is 6.51. The summed E-state index contributed by atoms with van der Waals surface area (Å²) in [5.41, 5.74) is 0.725. The van der Waals surface area contributed by atoms with Gasteiger partial charge < -0.3 is 0 Å². The van der Waals surface area contributed by atoms with Crippen LogP contribution in [0.4, 0.5) is 5.69 Å². The zero-order chi connectivity index (χ0) is 23.1. The molecule has 1 unspecified atom stereocenters. The van der Waals surface area contributed by atoms with Crippen LogP contribution >= 0.6 is 11.6 Å². The molecule has 30 heavy (non-hydrogen) atoms. The van der Waals surface area contributed by atoms with Crippen molar-refractivity contribution in [2.24, 2.45) is 0 Å². The van der Waals surface area contributed by atoms with Crippen LogP contribution in [-0.4, -0.2) is 65.9 Å². The zero-order valence-corrected chi connectivity index (χ0v) is 22.7. The molecule has 0 spiro atoms. The Morgan fingerprint density at radius 3 is 2.13 bits per heavy atom. The number of benzene rings is 1. The van der Waals surface area contributed by atoms with Gasteiger partial charge in [-0.05, 0) is 0 Å². The van der Waals surface area contributed by atoms with E-state index in [4.69, 9.17) is 21.0 Å². The number of nitrogens with zero attached hydrogens (tertiary/aromatic N) is 1. The van der Waals surface area contributed by atoms with E-state index in [2.05, 4.69) is 33.7 Å². The molecular weight excluding hydrogens is 585 g/mol. The number of hydrogen-bond acceptors (Lipinski definition) is 7. The second kappa shape index (κ2) is 11.3. The third kappa shape index (κ3) is 8.05. The van der Waals surface area contributed by atoms with E-state index in [1.54, 1.807) is 6.07 Å². The number of nitrogens with one attached hydrogen (secondary N) is 1. The molecule has 2 aromatic rings. The maximum atomic E-state index is 11.4. The molecule has 0 aliphatic heterocycles. The number of hydrogen-bond donors (Lipinski definition) is 3. The molecule has 2 rings (SSSR count). The minimum absolute atomic E-state index is 0.00438. The molecule has 1 heterocycles. The van der Waals surface area contributed by atoms with Gasteiger partial charge in [-0.3, -0.25) is 0 Å². The molecule has 1 amide bonds. The van der Waals surface area contributed by atoms with Gasteiger partial charge in [0.25, 0.3) is 0 Å². The topological polar surface area (TPSA) is 135 Å². The van der Waals surface area contributed by atoms with Crippen LogP contribution in [-0.2, 0) is 17.1 Å². The molecule has 0 saturated carbocycles. The summed E-state index contributed by atoms with van der Waals surface area (Å²) >= 11 is -1.13. The molecule has 1 aromatic carbocycles. The summed E-state index contributed by atoms with van der Waals surface area (Å²) in [5.74, 6) is -0.712. The van der Waals surface area contributed by atoms with Crippen LogP contribution in [0.15, 0.2) is 36.4 Å². The minimum atomic E-state index is -4.76. The van der Waals surface area contributed by atoms with Gasteiger partial charge in [0.15, 0.2) is 0 Å². The summed E-state index contributed by atoms with van der Waals surface area (Å²) in [4.78, 5) is 33.0. The molecule has 164 valence electrons. The van der Waals surface area contributed by atoms with Gasteiger partial charge in [-0.25, -0.2) is 0 Å². The van der Waals surface area contributed by atoms with Crippen LogP contribution in [0.1, 0.15) is 17.4 Å². The SMILES string of the molecule is CC(=O)Nc1ccc([As](=O)(O)OO)cc1.COC(=O)c1n[c]([Sn]([CH3])([CH3])[CH3])ccc1Cl. The van der Waals surface area contributed by atoms with Crippen molar-refractivity contribution in [1.82, 2.24) is 4.98 Å².